The predicted octanol–water partition coefficient (Wildman–Crippen LogP) is 3.79. The van der Waals surface area contributed by atoms with Crippen molar-refractivity contribution in [1.82, 2.24) is 0 Å². The Morgan fingerprint density at radius 2 is 1.82 bits per heavy atom. The van der Waals surface area contributed by atoms with Gasteiger partial charge in [-0.3, -0.25) is 4.79 Å². The summed E-state index contributed by atoms with van der Waals surface area (Å²) < 4.78 is 0. The summed E-state index contributed by atoms with van der Waals surface area (Å²) in [5.74, 6) is 6.40. The molecule has 2 aromatic carbocycles. The van der Waals surface area contributed by atoms with Crippen molar-refractivity contribution < 1.29 is 4.79 Å². The fraction of sp³-hybridized carbons (Fsp3) is 0.316. The molecule has 1 aliphatic carbocycles. The minimum atomic E-state index is -0.0192. The molecule has 0 fully saturated rings. The Bertz CT molecular complexity index is 639. The maximum absolute atomic E-state index is 12.3. The lowest BCUT2D eigenvalue weighted by Crippen LogP contribution is -2.37. The number of hydrogen-bond acceptors (Lipinski definition) is 2. The topological polar surface area (TPSA) is 46.3 Å². The molecule has 1 unspecified atom stereocenters. The lowest BCUT2D eigenvalue weighted by atomic mass is 9.80. The van der Waals surface area contributed by atoms with Crippen molar-refractivity contribution in [3.05, 3.63) is 65.7 Å². The van der Waals surface area contributed by atoms with Gasteiger partial charge >= 0.3 is 0 Å². The number of carbonyl (C=O) groups excluding carboxylic acids is 1. The van der Waals surface area contributed by atoms with Crippen LogP contribution in [0.15, 0.2) is 54.6 Å². The average Bonchev–Trinajstić information content (AvgIpc) is 2.59. The van der Waals surface area contributed by atoms with Gasteiger partial charge in [-0.1, -0.05) is 42.5 Å². The smallest absolute Gasteiger partial charge is 0.241 e. The van der Waals surface area contributed by atoms with Gasteiger partial charge in [0, 0.05) is 6.42 Å². The minimum Gasteiger partial charge on any atom is -0.273 e. The maximum atomic E-state index is 12.3. The van der Waals surface area contributed by atoms with E-state index in [0.29, 0.717) is 12.3 Å². The van der Waals surface area contributed by atoms with Crippen LogP contribution in [0.1, 0.15) is 42.7 Å². The summed E-state index contributed by atoms with van der Waals surface area (Å²) in [5.41, 5.74) is 3.61. The largest absolute Gasteiger partial charge is 0.273 e. The van der Waals surface area contributed by atoms with Gasteiger partial charge < -0.3 is 0 Å². The number of rotatable bonds is 4. The molecule has 3 heteroatoms. The normalized spacial score (nSPS) is 16.9. The van der Waals surface area contributed by atoms with Gasteiger partial charge in [-0.15, -0.1) is 0 Å². The molecule has 2 aromatic rings. The van der Waals surface area contributed by atoms with Gasteiger partial charge in [0.25, 0.3) is 0 Å². The summed E-state index contributed by atoms with van der Waals surface area (Å²) in [6.45, 7) is 0. The van der Waals surface area contributed by atoms with E-state index in [1.165, 1.54) is 29.0 Å². The molecule has 0 aromatic heterocycles. The molecule has 2 N–H and O–H groups in total. The van der Waals surface area contributed by atoms with Crippen LogP contribution in [-0.4, -0.2) is 5.91 Å². The van der Waals surface area contributed by atoms with Crippen LogP contribution < -0.4 is 10.9 Å². The second kappa shape index (κ2) is 6.75. The van der Waals surface area contributed by atoms with Crippen molar-refractivity contribution >= 4 is 11.6 Å². The number of fused-ring (bicyclic) bond motifs is 1. The molecule has 22 heavy (non-hydrogen) atoms. The summed E-state index contributed by atoms with van der Waals surface area (Å²) in [4.78, 5) is 12.3. The number of carbonyl (C=O) groups is 1. The molecule has 3 nitrogen and oxygen atoms in total. The van der Waals surface area contributed by atoms with E-state index in [1.54, 1.807) is 0 Å². The SMILES string of the molecule is NN(C(=O)CCC1CCCc2ccccc21)c1ccccc1. The first-order valence-electron chi connectivity index (χ1n) is 7.96. The van der Waals surface area contributed by atoms with E-state index in [2.05, 4.69) is 24.3 Å². The monoisotopic (exact) mass is 294 g/mol. The van der Waals surface area contributed by atoms with E-state index >= 15 is 0 Å². The van der Waals surface area contributed by atoms with Crippen LogP contribution in [0.5, 0.6) is 0 Å². The minimum absolute atomic E-state index is 0.0192. The van der Waals surface area contributed by atoms with Gasteiger partial charge in [-0.25, -0.2) is 10.9 Å². The molecule has 1 atom stereocenters. The molecular weight excluding hydrogens is 272 g/mol. The first-order chi connectivity index (χ1) is 10.8. The Balaban J connectivity index is 1.62. The van der Waals surface area contributed by atoms with Crippen molar-refractivity contribution in [3.8, 4) is 0 Å². The van der Waals surface area contributed by atoms with Crippen LogP contribution in [0, 0.1) is 0 Å². The summed E-state index contributed by atoms with van der Waals surface area (Å²) in [5, 5.41) is 1.27. The average molecular weight is 294 g/mol. The van der Waals surface area contributed by atoms with E-state index in [9.17, 15) is 4.79 Å². The number of anilines is 1. The zero-order valence-corrected chi connectivity index (χ0v) is 12.7. The molecule has 0 saturated heterocycles. The number of nitrogens with two attached hydrogens (primary N) is 1. The summed E-state index contributed by atoms with van der Waals surface area (Å²) in [6.07, 6.45) is 4.90. The lowest BCUT2D eigenvalue weighted by Gasteiger charge is -2.26. The highest BCUT2D eigenvalue weighted by molar-refractivity contribution is 5.92. The van der Waals surface area contributed by atoms with Crippen LogP contribution >= 0.6 is 0 Å². The highest BCUT2D eigenvalue weighted by Gasteiger charge is 2.21. The van der Waals surface area contributed by atoms with Crippen LogP contribution in [0.4, 0.5) is 5.69 Å². The van der Waals surface area contributed by atoms with Crippen molar-refractivity contribution in [1.29, 1.82) is 0 Å². The Hall–Kier alpha value is -2.13. The van der Waals surface area contributed by atoms with Crippen LogP contribution in [0.25, 0.3) is 0 Å². The summed E-state index contributed by atoms with van der Waals surface area (Å²) >= 11 is 0. The fourth-order valence-corrected chi connectivity index (χ4v) is 3.31. The Labute approximate surface area is 131 Å². The molecule has 0 heterocycles. The van der Waals surface area contributed by atoms with E-state index in [-0.39, 0.29) is 5.91 Å². The zero-order valence-electron chi connectivity index (χ0n) is 12.7. The number of nitrogens with zero attached hydrogens (tertiary/aromatic N) is 1. The quantitative estimate of drug-likeness (QED) is 0.530. The van der Waals surface area contributed by atoms with Gasteiger partial charge in [0.2, 0.25) is 5.91 Å². The van der Waals surface area contributed by atoms with Crippen molar-refractivity contribution in [3.63, 3.8) is 0 Å². The number of hydrogen-bond donors (Lipinski definition) is 1. The van der Waals surface area contributed by atoms with E-state index in [0.717, 1.165) is 18.5 Å². The van der Waals surface area contributed by atoms with Crippen molar-refractivity contribution in [2.75, 3.05) is 5.01 Å². The first-order valence-corrected chi connectivity index (χ1v) is 7.96. The van der Waals surface area contributed by atoms with E-state index in [4.69, 9.17) is 5.84 Å². The molecule has 0 spiro atoms. The maximum Gasteiger partial charge on any atom is 0.241 e. The highest BCUT2D eigenvalue weighted by atomic mass is 16.2. The predicted molar refractivity (Wildman–Crippen MR) is 89.5 cm³/mol. The fourth-order valence-electron chi connectivity index (χ4n) is 3.31. The third-order valence-electron chi connectivity index (χ3n) is 4.50. The second-order valence-electron chi connectivity index (χ2n) is 5.93. The van der Waals surface area contributed by atoms with E-state index < -0.39 is 0 Å². The second-order valence-corrected chi connectivity index (χ2v) is 5.93. The molecule has 0 aliphatic heterocycles. The molecule has 0 bridgehead atoms. The molecule has 114 valence electrons. The molecule has 1 amide bonds. The molecule has 0 radical (unpaired) electrons. The Morgan fingerprint density at radius 1 is 1.09 bits per heavy atom. The van der Waals surface area contributed by atoms with Crippen molar-refractivity contribution in [2.24, 2.45) is 5.84 Å². The van der Waals surface area contributed by atoms with Gasteiger partial charge in [0.15, 0.2) is 0 Å². The van der Waals surface area contributed by atoms with Crippen LogP contribution in [0.3, 0.4) is 0 Å². The molecule has 0 saturated carbocycles. The first kappa shape index (κ1) is 14.8. The van der Waals surface area contributed by atoms with Gasteiger partial charge in [0.05, 0.1) is 5.69 Å². The van der Waals surface area contributed by atoms with Crippen LogP contribution in [0.2, 0.25) is 0 Å². The van der Waals surface area contributed by atoms with Gasteiger partial charge in [0.1, 0.15) is 0 Å². The number of benzene rings is 2. The molecular formula is C19H22N2O. The van der Waals surface area contributed by atoms with Crippen LogP contribution in [-0.2, 0) is 11.2 Å². The molecule has 3 rings (SSSR count). The summed E-state index contributed by atoms with van der Waals surface area (Å²) in [6, 6.07) is 18.0. The van der Waals surface area contributed by atoms with E-state index in [1.807, 2.05) is 30.3 Å². The van der Waals surface area contributed by atoms with Gasteiger partial charge in [-0.05, 0) is 54.9 Å². The standard InChI is InChI=1S/C19H22N2O/c20-21(17-10-2-1-3-11-17)19(22)14-13-16-9-6-8-15-7-4-5-12-18(15)16/h1-5,7,10-12,16H,6,8-9,13-14,20H2. The third-order valence-corrected chi connectivity index (χ3v) is 4.50. The number of aryl methyl sites for hydroxylation is 1. The number of para-hydroxylation sites is 1. The summed E-state index contributed by atoms with van der Waals surface area (Å²) in [7, 11) is 0. The van der Waals surface area contributed by atoms with Gasteiger partial charge in [-0.2, -0.15) is 0 Å². The Morgan fingerprint density at radius 3 is 2.64 bits per heavy atom. The third kappa shape index (κ3) is 3.20. The number of hydrazine groups is 1. The highest BCUT2D eigenvalue weighted by Crippen LogP contribution is 2.34. The Kier molecular flexibility index (Phi) is 4.54. The number of amides is 1. The zero-order chi connectivity index (χ0) is 15.4. The molecule has 1 aliphatic rings. The lowest BCUT2D eigenvalue weighted by molar-refractivity contribution is -0.118. The van der Waals surface area contributed by atoms with Crippen molar-refractivity contribution in [2.45, 2.75) is 38.0 Å².